The second kappa shape index (κ2) is 8.33. The molecule has 74 valence electrons. The molecule has 0 spiro atoms. The van der Waals surface area contributed by atoms with Crippen LogP contribution in [-0.4, -0.2) is 23.7 Å². The first kappa shape index (κ1) is 12.7. The second-order valence-electron chi connectivity index (χ2n) is 2.38. The van der Waals surface area contributed by atoms with Crippen molar-refractivity contribution < 1.29 is 9.90 Å². The number of unbranched alkanes of at least 4 members (excludes halogenated alkanes) is 1. The van der Waals surface area contributed by atoms with Crippen LogP contribution in [-0.2, 0) is 38.5 Å². The molecule has 0 aromatic carbocycles. The first-order valence-corrected chi connectivity index (χ1v) is 5.79. The molecule has 1 atom stereocenters. The van der Waals surface area contributed by atoms with E-state index in [2.05, 4.69) is 32.3 Å². The maximum absolute atomic E-state index is 10.6. The van der Waals surface area contributed by atoms with E-state index in [1.807, 2.05) is 0 Å². The highest BCUT2D eigenvalue weighted by molar-refractivity contribution is 8.12. The van der Waals surface area contributed by atoms with E-state index in [9.17, 15) is 4.79 Å². The van der Waals surface area contributed by atoms with Crippen LogP contribution in [0.1, 0.15) is 19.3 Å². The van der Waals surface area contributed by atoms with Crippen molar-refractivity contribution in [3.8, 4) is 0 Å². The summed E-state index contributed by atoms with van der Waals surface area (Å²) < 4.78 is 7.20. The van der Waals surface area contributed by atoms with Crippen molar-refractivity contribution in [2.75, 3.05) is 6.54 Å². The maximum Gasteiger partial charge on any atom is 0.329 e. The summed E-state index contributed by atoms with van der Waals surface area (Å²) in [6.45, 7) is 0.600. The summed E-state index contributed by atoms with van der Waals surface area (Å²) in [6.07, 6.45) is 2.07. The van der Waals surface area contributed by atoms with E-state index < -0.39 is 12.0 Å². The van der Waals surface area contributed by atoms with Crippen molar-refractivity contribution >= 4 is 39.7 Å². The van der Waals surface area contributed by atoms with E-state index in [-0.39, 0.29) is 0 Å². The Balaban J connectivity index is 3.76. The molecule has 0 saturated carbocycles. The molecular weight excluding hydrogens is 228 g/mol. The van der Waals surface area contributed by atoms with Crippen LogP contribution in [0.4, 0.5) is 0 Å². The quantitative estimate of drug-likeness (QED) is 0.674. The lowest BCUT2D eigenvalue weighted by Gasteiger charge is -2.03. The highest BCUT2D eigenvalue weighted by atomic mass is 32.8. The maximum atomic E-state index is 10.6. The molecule has 1 unspecified atom stereocenters. The molecule has 1 N–H and O–H groups in total. The molecule has 7 heteroatoms. The molecule has 0 rings (SSSR count). The lowest BCUT2D eigenvalue weighted by atomic mass is 10.1. The molecule has 0 aliphatic rings. The minimum atomic E-state index is -0.923. The number of hydrogen-bond donors (Lipinski definition) is 1. The third-order valence-corrected chi connectivity index (χ3v) is 2.21. The number of nitrogens with zero attached hydrogens (tertiary/aromatic N) is 2. The predicted octanol–water partition coefficient (Wildman–Crippen LogP) is 1.07. The van der Waals surface area contributed by atoms with Gasteiger partial charge in [0.1, 0.15) is 0 Å². The zero-order valence-electron chi connectivity index (χ0n) is 6.88. The molecule has 0 radical (unpaired) electrons. The molecule has 0 heterocycles. The zero-order valence-corrected chi connectivity index (χ0v) is 9.33. The summed E-state index contributed by atoms with van der Waals surface area (Å²) in [4.78, 5) is 10.6. The molecule has 0 bridgehead atoms. The summed E-state index contributed by atoms with van der Waals surface area (Å²) in [5, 5.41) is 8.66. The predicted molar refractivity (Wildman–Crippen MR) is 57.1 cm³/mol. The van der Waals surface area contributed by atoms with Crippen molar-refractivity contribution in [3.05, 3.63) is 0 Å². The lowest BCUT2D eigenvalue weighted by Crippen LogP contribution is -2.17. The standard InChI is InChI=1S/C6H10N2O2S3/c9-6(10)5(8-13-12)3-1-2-4-7-11/h5H,1-4H2,(H,9,10). The molecule has 0 saturated heterocycles. The van der Waals surface area contributed by atoms with E-state index in [1.54, 1.807) is 0 Å². The third kappa shape index (κ3) is 6.85. The van der Waals surface area contributed by atoms with Crippen LogP contribution >= 0.6 is 0 Å². The van der Waals surface area contributed by atoms with Gasteiger partial charge in [0.2, 0.25) is 0 Å². The second-order valence-corrected chi connectivity index (χ2v) is 3.45. The first-order valence-electron chi connectivity index (χ1n) is 3.73. The Morgan fingerprint density at radius 3 is 2.69 bits per heavy atom. The summed E-state index contributed by atoms with van der Waals surface area (Å²) in [7, 11) is 0.785. The summed E-state index contributed by atoms with van der Waals surface area (Å²) in [5.41, 5.74) is 0. The molecule has 0 aliphatic carbocycles. The Labute approximate surface area is 90.3 Å². The van der Waals surface area contributed by atoms with Crippen LogP contribution in [0.5, 0.6) is 0 Å². The van der Waals surface area contributed by atoms with Crippen molar-refractivity contribution in [3.63, 3.8) is 0 Å². The molecule has 4 nitrogen and oxygen atoms in total. The van der Waals surface area contributed by atoms with Crippen molar-refractivity contribution in [2.24, 2.45) is 8.73 Å². The third-order valence-electron chi connectivity index (χ3n) is 1.43. The van der Waals surface area contributed by atoms with Gasteiger partial charge in [0.05, 0.1) is 6.54 Å². The summed E-state index contributed by atoms with van der Waals surface area (Å²) >= 11 is 8.90. The van der Waals surface area contributed by atoms with Gasteiger partial charge < -0.3 is 5.11 Å². The van der Waals surface area contributed by atoms with Gasteiger partial charge >= 0.3 is 5.97 Å². The Hall–Kier alpha value is -0.270. The van der Waals surface area contributed by atoms with E-state index in [0.29, 0.717) is 13.0 Å². The average molecular weight is 238 g/mol. The number of aliphatic carboxylic acids is 1. The SMILES string of the molecule is O=C(O)C(CCCCN=S)N=S=S. The van der Waals surface area contributed by atoms with Gasteiger partial charge in [-0.15, -0.1) is 0 Å². The van der Waals surface area contributed by atoms with Gasteiger partial charge in [-0.3, -0.25) is 0 Å². The van der Waals surface area contributed by atoms with Crippen molar-refractivity contribution in [2.45, 2.75) is 25.3 Å². The zero-order chi connectivity index (χ0) is 10.1. The van der Waals surface area contributed by atoms with Crippen LogP contribution in [0.3, 0.4) is 0 Å². The Morgan fingerprint density at radius 2 is 2.23 bits per heavy atom. The smallest absolute Gasteiger partial charge is 0.329 e. The molecular formula is C6H10N2O2S3. The van der Waals surface area contributed by atoms with Crippen LogP contribution < -0.4 is 0 Å². The van der Waals surface area contributed by atoms with E-state index in [1.165, 1.54) is 0 Å². The fraction of sp³-hybridized carbons (Fsp3) is 0.833. The fourth-order valence-electron chi connectivity index (χ4n) is 0.787. The Morgan fingerprint density at radius 1 is 1.54 bits per heavy atom. The highest BCUT2D eigenvalue weighted by Crippen LogP contribution is 2.04. The number of rotatable bonds is 7. The van der Waals surface area contributed by atoms with E-state index in [0.717, 1.165) is 23.0 Å². The minimum absolute atomic E-state index is 0.504. The highest BCUT2D eigenvalue weighted by Gasteiger charge is 2.14. The van der Waals surface area contributed by atoms with Gasteiger partial charge in [0.25, 0.3) is 0 Å². The molecule has 0 aliphatic heterocycles. The van der Waals surface area contributed by atoms with Crippen molar-refractivity contribution in [1.82, 2.24) is 0 Å². The van der Waals surface area contributed by atoms with E-state index in [4.69, 9.17) is 5.11 Å². The Kier molecular flexibility index (Phi) is 8.16. The number of hydrogen-bond acceptors (Lipinski definition) is 5. The monoisotopic (exact) mass is 238 g/mol. The minimum Gasteiger partial charge on any atom is -0.480 e. The lowest BCUT2D eigenvalue weighted by molar-refractivity contribution is -0.138. The van der Waals surface area contributed by atoms with Crippen LogP contribution in [0.25, 0.3) is 0 Å². The number of carboxylic acid groups (broad SMARTS) is 1. The van der Waals surface area contributed by atoms with Crippen LogP contribution in [0.2, 0.25) is 0 Å². The van der Waals surface area contributed by atoms with E-state index >= 15 is 0 Å². The van der Waals surface area contributed by atoms with Gasteiger partial charge in [-0.05, 0) is 19.3 Å². The molecule has 13 heavy (non-hydrogen) atoms. The number of carboxylic acids is 1. The van der Waals surface area contributed by atoms with Gasteiger partial charge in [0.15, 0.2) is 6.04 Å². The summed E-state index contributed by atoms with van der Waals surface area (Å²) in [6, 6.07) is -0.687. The molecule has 0 fully saturated rings. The largest absolute Gasteiger partial charge is 0.480 e. The van der Waals surface area contributed by atoms with Gasteiger partial charge in [-0.25, -0.2) is 13.5 Å². The fourth-order valence-corrected chi connectivity index (χ4v) is 1.53. The van der Waals surface area contributed by atoms with Gasteiger partial charge in [0, 0.05) is 33.7 Å². The number of carbonyl (C=O) groups is 1. The van der Waals surface area contributed by atoms with Gasteiger partial charge in [-0.2, -0.15) is 0 Å². The average Bonchev–Trinajstić information content (AvgIpc) is 2.10. The molecule has 0 aromatic heterocycles. The molecule has 0 amide bonds. The first-order chi connectivity index (χ1) is 6.22. The van der Waals surface area contributed by atoms with Crippen LogP contribution in [0.15, 0.2) is 8.73 Å². The van der Waals surface area contributed by atoms with Crippen LogP contribution in [0, 0.1) is 0 Å². The Bertz CT molecular complexity index is 226. The van der Waals surface area contributed by atoms with Gasteiger partial charge in [-0.1, -0.05) is 0 Å². The summed E-state index contributed by atoms with van der Waals surface area (Å²) in [5.74, 6) is -0.923. The normalized spacial score (nSPS) is 11.7. The molecule has 0 aromatic rings. The van der Waals surface area contributed by atoms with Crippen molar-refractivity contribution in [1.29, 1.82) is 0 Å². The topological polar surface area (TPSA) is 62.0 Å².